The van der Waals surface area contributed by atoms with Crippen molar-refractivity contribution in [2.75, 3.05) is 18.1 Å². The SMILES string of the molecule is CC(=O)NCC1OC(=O)N2c3cc(F)c(-c4cncnc4)cc3OCC12. The molecule has 1 fully saturated rings. The van der Waals surface area contributed by atoms with Gasteiger partial charge in [0.05, 0.1) is 12.2 Å². The van der Waals surface area contributed by atoms with Gasteiger partial charge in [0, 0.05) is 36.5 Å². The van der Waals surface area contributed by atoms with Crippen LogP contribution in [-0.4, -0.2) is 47.3 Å². The number of nitrogens with one attached hydrogen (secondary N) is 1. The number of carbonyl (C=O) groups is 2. The Morgan fingerprint density at radius 3 is 2.88 bits per heavy atom. The summed E-state index contributed by atoms with van der Waals surface area (Å²) in [6.45, 7) is 1.73. The van der Waals surface area contributed by atoms with Crippen molar-refractivity contribution in [3.05, 3.63) is 36.7 Å². The molecule has 2 aliphatic rings. The molecule has 4 rings (SSSR count). The third-order valence-corrected chi connectivity index (χ3v) is 4.35. The largest absolute Gasteiger partial charge is 0.489 e. The van der Waals surface area contributed by atoms with Gasteiger partial charge in [0.2, 0.25) is 5.91 Å². The van der Waals surface area contributed by atoms with Crippen molar-refractivity contribution < 1.29 is 23.5 Å². The first-order valence-corrected chi connectivity index (χ1v) is 8.00. The quantitative estimate of drug-likeness (QED) is 0.894. The van der Waals surface area contributed by atoms with Crippen molar-refractivity contribution >= 4 is 17.7 Å². The highest BCUT2D eigenvalue weighted by Crippen LogP contribution is 2.42. The van der Waals surface area contributed by atoms with Gasteiger partial charge in [-0.15, -0.1) is 0 Å². The molecule has 1 aromatic carbocycles. The second-order valence-corrected chi connectivity index (χ2v) is 6.03. The van der Waals surface area contributed by atoms with Crippen molar-refractivity contribution in [1.29, 1.82) is 0 Å². The van der Waals surface area contributed by atoms with Gasteiger partial charge in [-0.25, -0.2) is 19.2 Å². The van der Waals surface area contributed by atoms with Gasteiger partial charge < -0.3 is 14.8 Å². The molecular formula is C17H15FN4O4. The van der Waals surface area contributed by atoms with Gasteiger partial charge in [-0.3, -0.25) is 9.69 Å². The Bertz CT molecular complexity index is 877. The van der Waals surface area contributed by atoms with Gasteiger partial charge in [0.25, 0.3) is 0 Å². The number of fused-ring (bicyclic) bond motifs is 3. The summed E-state index contributed by atoms with van der Waals surface area (Å²) in [5.74, 6) is -0.378. The molecule has 134 valence electrons. The number of hydrogen-bond donors (Lipinski definition) is 1. The van der Waals surface area contributed by atoms with Crippen molar-refractivity contribution in [1.82, 2.24) is 15.3 Å². The lowest BCUT2D eigenvalue weighted by molar-refractivity contribution is -0.119. The van der Waals surface area contributed by atoms with Gasteiger partial charge >= 0.3 is 6.09 Å². The summed E-state index contributed by atoms with van der Waals surface area (Å²) < 4.78 is 25.7. The number of amides is 2. The molecule has 0 bridgehead atoms. The van der Waals surface area contributed by atoms with E-state index in [1.54, 1.807) is 0 Å². The molecule has 1 N–H and O–H groups in total. The third kappa shape index (κ3) is 2.71. The summed E-state index contributed by atoms with van der Waals surface area (Å²) in [6, 6.07) is 2.33. The molecule has 2 unspecified atom stereocenters. The van der Waals surface area contributed by atoms with Crippen LogP contribution in [0.25, 0.3) is 11.1 Å². The van der Waals surface area contributed by atoms with Crippen molar-refractivity contribution in [3.63, 3.8) is 0 Å². The normalized spacial score (nSPS) is 20.7. The van der Waals surface area contributed by atoms with E-state index in [0.29, 0.717) is 17.0 Å². The van der Waals surface area contributed by atoms with Crippen LogP contribution in [0.1, 0.15) is 6.92 Å². The van der Waals surface area contributed by atoms with Crippen LogP contribution in [0.15, 0.2) is 30.9 Å². The third-order valence-electron chi connectivity index (χ3n) is 4.35. The first-order chi connectivity index (χ1) is 12.5. The molecule has 2 atom stereocenters. The standard InChI is InChI=1S/C17H15FN4O4/c1-9(23)21-6-16-14-7-25-15-2-11(10-4-19-8-20-5-10)12(18)3-13(15)22(14)17(24)26-16/h2-5,8,14,16H,6-7H2,1H3,(H,21,23). The number of ether oxygens (including phenoxy) is 2. The summed E-state index contributed by atoms with van der Waals surface area (Å²) in [5, 5.41) is 2.62. The summed E-state index contributed by atoms with van der Waals surface area (Å²) in [7, 11) is 0. The number of halogens is 1. The predicted molar refractivity (Wildman–Crippen MR) is 88.1 cm³/mol. The molecule has 1 aromatic heterocycles. The maximum Gasteiger partial charge on any atom is 0.415 e. The second kappa shape index (κ2) is 6.25. The van der Waals surface area contributed by atoms with Gasteiger partial charge in [0.15, 0.2) is 0 Å². The average Bonchev–Trinajstić information content (AvgIpc) is 2.96. The molecule has 0 spiro atoms. The maximum atomic E-state index is 14.7. The van der Waals surface area contributed by atoms with E-state index in [1.165, 1.54) is 42.7 Å². The summed E-state index contributed by atoms with van der Waals surface area (Å²) in [6.07, 6.45) is 3.19. The Morgan fingerprint density at radius 2 is 2.15 bits per heavy atom. The molecule has 0 radical (unpaired) electrons. The number of carbonyl (C=O) groups excluding carboxylic acids is 2. The molecule has 3 heterocycles. The fourth-order valence-corrected chi connectivity index (χ4v) is 3.13. The lowest BCUT2D eigenvalue weighted by Gasteiger charge is -2.31. The lowest BCUT2D eigenvalue weighted by atomic mass is 10.0. The van der Waals surface area contributed by atoms with Gasteiger partial charge in [-0.1, -0.05) is 0 Å². The van der Waals surface area contributed by atoms with Crippen molar-refractivity contribution in [3.8, 4) is 16.9 Å². The topological polar surface area (TPSA) is 93.7 Å². The van der Waals surface area contributed by atoms with Crippen molar-refractivity contribution in [2.45, 2.75) is 19.1 Å². The molecule has 26 heavy (non-hydrogen) atoms. The maximum absolute atomic E-state index is 14.7. The van der Waals surface area contributed by atoms with Crippen molar-refractivity contribution in [2.24, 2.45) is 0 Å². The Labute approximate surface area is 147 Å². The van der Waals surface area contributed by atoms with Crippen LogP contribution in [0.2, 0.25) is 0 Å². The van der Waals surface area contributed by atoms with Crippen LogP contribution in [0.3, 0.4) is 0 Å². The minimum atomic E-state index is -0.593. The summed E-state index contributed by atoms with van der Waals surface area (Å²) >= 11 is 0. The molecule has 9 heteroatoms. The van der Waals surface area contributed by atoms with E-state index < -0.39 is 24.1 Å². The molecule has 2 amide bonds. The number of aromatic nitrogens is 2. The van der Waals surface area contributed by atoms with E-state index in [2.05, 4.69) is 15.3 Å². The number of rotatable bonds is 3. The first kappa shape index (κ1) is 16.2. The minimum absolute atomic E-state index is 0.169. The van der Waals surface area contributed by atoms with E-state index in [4.69, 9.17) is 9.47 Å². The molecular weight excluding hydrogens is 343 g/mol. The Morgan fingerprint density at radius 1 is 1.38 bits per heavy atom. The Hall–Kier alpha value is -3.23. The molecule has 8 nitrogen and oxygen atoms in total. The minimum Gasteiger partial charge on any atom is -0.489 e. The summed E-state index contributed by atoms with van der Waals surface area (Å²) in [5.41, 5.74) is 1.09. The number of anilines is 1. The van der Waals surface area contributed by atoms with E-state index in [9.17, 15) is 14.0 Å². The van der Waals surface area contributed by atoms with Crippen LogP contribution >= 0.6 is 0 Å². The smallest absolute Gasteiger partial charge is 0.415 e. The van der Waals surface area contributed by atoms with E-state index in [-0.39, 0.29) is 24.6 Å². The van der Waals surface area contributed by atoms with Crippen LogP contribution < -0.4 is 15.0 Å². The van der Waals surface area contributed by atoms with Crippen LogP contribution in [0.4, 0.5) is 14.9 Å². The average molecular weight is 358 g/mol. The fraction of sp³-hybridized carbons (Fsp3) is 0.294. The number of benzene rings is 1. The van der Waals surface area contributed by atoms with Crippen LogP contribution in [0.5, 0.6) is 5.75 Å². The second-order valence-electron chi connectivity index (χ2n) is 6.03. The molecule has 0 saturated carbocycles. The lowest BCUT2D eigenvalue weighted by Crippen LogP contribution is -2.47. The zero-order valence-electron chi connectivity index (χ0n) is 13.8. The molecule has 1 saturated heterocycles. The fourth-order valence-electron chi connectivity index (χ4n) is 3.13. The monoisotopic (exact) mass is 358 g/mol. The predicted octanol–water partition coefficient (Wildman–Crippen LogP) is 1.50. The zero-order valence-corrected chi connectivity index (χ0v) is 13.8. The summed E-state index contributed by atoms with van der Waals surface area (Å²) in [4.78, 5) is 32.5. The van der Waals surface area contributed by atoms with Gasteiger partial charge in [0.1, 0.15) is 36.6 Å². The Balaban J connectivity index is 1.67. The molecule has 2 aromatic rings. The zero-order chi connectivity index (χ0) is 18.3. The van der Waals surface area contributed by atoms with E-state index >= 15 is 0 Å². The Kier molecular flexibility index (Phi) is 3.90. The number of cyclic esters (lactones) is 1. The van der Waals surface area contributed by atoms with E-state index in [0.717, 1.165) is 0 Å². The van der Waals surface area contributed by atoms with Crippen LogP contribution in [0, 0.1) is 5.82 Å². The highest BCUT2D eigenvalue weighted by atomic mass is 19.1. The van der Waals surface area contributed by atoms with E-state index in [1.807, 2.05) is 0 Å². The van der Waals surface area contributed by atoms with Gasteiger partial charge in [-0.2, -0.15) is 0 Å². The molecule has 2 aliphatic heterocycles. The highest BCUT2D eigenvalue weighted by molar-refractivity contribution is 5.94. The van der Waals surface area contributed by atoms with Gasteiger partial charge in [-0.05, 0) is 6.07 Å². The first-order valence-electron chi connectivity index (χ1n) is 8.00. The molecule has 0 aliphatic carbocycles. The number of hydrogen-bond acceptors (Lipinski definition) is 6. The van der Waals surface area contributed by atoms with Crippen LogP contribution in [-0.2, 0) is 9.53 Å². The highest BCUT2D eigenvalue weighted by Gasteiger charge is 2.46. The number of nitrogens with zero attached hydrogens (tertiary/aromatic N) is 3.